The predicted octanol–water partition coefficient (Wildman–Crippen LogP) is -0.125. The Morgan fingerprint density at radius 2 is 1.84 bits per heavy atom. The van der Waals surface area contributed by atoms with Gasteiger partial charge in [0.25, 0.3) is 0 Å². The summed E-state index contributed by atoms with van der Waals surface area (Å²) in [5, 5.41) is 10.6. The van der Waals surface area contributed by atoms with E-state index < -0.39 is 22.6 Å². The monoisotopic (exact) mass is 275 g/mol. The molecule has 0 aliphatic heterocycles. The molecule has 19 heavy (non-hydrogen) atoms. The Kier molecular flexibility index (Phi) is 5.10. The third kappa shape index (κ3) is 4.92. The first kappa shape index (κ1) is 16.1. The molecule has 94 valence electrons. The van der Waals surface area contributed by atoms with Crippen LogP contribution in [-0.4, -0.2) is 45.8 Å². The zero-order valence-corrected chi connectivity index (χ0v) is 10.8. The van der Waals surface area contributed by atoms with Crippen molar-refractivity contribution in [2.24, 2.45) is 0 Å². The van der Waals surface area contributed by atoms with Crippen LogP contribution in [0.3, 0.4) is 0 Å². The number of hydrogen-bond acceptors (Lipinski definition) is 2. The minimum atomic E-state index is -1.92. The Labute approximate surface area is 120 Å². The number of carbonyl (C=O) groups is 1. The average molecular weight is 275 g/mol. The molecule has 0 saturated heterocycles. The fourth-order valence-electron chi connectivity index (χ4n) is 1.62. The number of hydrogen-bond donors (Lipinski definition) is 2. The van der Waals surface area contributed by atoms with Gasteiger partial charge in [0.15, 0.2) is 0 Å². The summed E-state index contributed by atoms with van der Waals surface area (Å²) in [6.45, 7) is 0. The van der Waals surface area contributed by atoms with Crippen LogP contribution < -0.4 is 5.32 Å². The van der Waals surface area contributed by atoms with Gasteiger partial charge in [-0.1, -0.05) is 12.1 Å². The number of amides is 1. The molecule has 1 unspecified atom stereocenters. The van der Waals surface area contributed by atoms with Crippen molar-refractivity contribution >= 4 is 41.0 Å². The van der Waals surface area contributed by atoms with Crippen LogP contribution in [0.2, 0.25) is 0 Å². The first-order valence-electron chi connectivity index (χ1n) is 5.38. The van der Waals surface area contributed by atoms with Crippen molar-refractivity contribution in [2.75, 3.05) is 5.88 Å². The van der Waals surface area contributed by atoms with Gasteiger partial charge in [-0.3, -0.25) is 4.79 Å². The molecule has 1 amide bonds. The van der Waals surface area contributed by atoms with E-state index in [1.807, 2.05) is 0 Å². The van der Waals surface area contributed by atoms with Crippen LogP contribution in [0.4, 0.5) is 4.39 Å². The summed E-state index contributed by atoms with van der Waals surface area (Å²) in [6.07, 6.45) is -0.381. The van der Waals surface area contributed by atoms with Gasteiger partial charge in [0.2, 0.25) is 5.91 Å². The summed E-state index contributed by atoms with van der Waals surface area (Å²) in [7, 11) is 16.9. The lowest BCUT2D eigenvalue weighted by Crippen LogP contribution is -2.54. The molecule has 0 aromatic heterocycles. The van der Waals surface area contributed by atoms with Crippen molar-refractivity contribution in [2.45, 2.75) is 17.3 Å². The van der Waals surface area contributed by atoms with Crippen LogP contribution in [-0.2, 0) is 10.3 Å². The number of halogens is 2. The molecular weight excluding hydrogens is 265 g/mol. The molecule has 0 bridgehead atoms. The Balaban J connectivity index is 2.83. The van der Waals surface area contributed by atoms with Crippen LogP contribution in [0.5, 0.6) is 0 Å². The van der Waals surface area contributed by atoms with E-state index in [0.717, 1.165) is 12.1 Å². The van der Waals surface area contributed by atoms with E-state index in [1.165, 1.54) is 12.1 Å². The van der Waals surface area contributed by atoms with E-state index in [2.05, 4.69) is 5.32 Å². The van der Waals surface area contributed by atoms with Crippen LogP contribution in [0.1, 0.15) is 12.0 Å². The summed E-state index contributed by atoms with van der Waals surface area (Å²) in [6, 6.07) is 4.88. The van der Waals surface area contributed by atoms with Crippen molar-refractivity contribution in [3.05, 3.63) is 35.6 Å². The molecule has 1 aromatic carbocycles. The van der Waals surface area contributed by atoms with Crippen molar-refractivity contribution in [3.63, 3.8) is 0 Å². The van der Waals surface area contributed by atoms with Gasteiger partial charge in [-0.2, -0.15) is 0 Å². The molecule has 8 heteroatoms. The minimum Gasteiger partial charge on any atom is -0.395 e. The van der Waals surface area contributed by atoms with Gasteiger partial charge < -0.3 is 10.4 Å². The molecule has 0 spiro atoms. The second-order valence-corrected chi connectivity index (χ2v) is 4.60. The molecule has 1 rings (SSSR count). The predicted molar refractivity (Wildman–Crippen MR) is 73.8 cm³/mol. The molecule has 2 N–H and O–H groups in total. The first-order chi connectivity index (χ1) is 8.66. The van der Waals surface area contributed by atoms with Gasteiger partial charge in [0.05, 0.1) is 15.7 Å². The average Bonchev–Trinajstić information content (AvgIpc) is 2.27. The summed E-state index contributed by atoms with van der Waals surface area (Å²) in [4.78, 5) is 11.1. The van der Waals surface area contributed by atoms with Crippen LogP contribution in [0, 0.1) is 5.82 Å². The zero-order valence-electron chi connectivity index (χ0n) is 10.1. The van der Waals surface area contributed by atoms with Gasteiger partial charge in [0.1, 0.15) is 19.5 Å². The Morgan fingerprint density at radius 1 is 1.32 bits per heavy atom. The van der Waals surface area contributed by atoms with Crippen molar-refractivity contribution < 1.29 is 14.3 Å². The first-order valence-corrected chi connectivity index (χ1v) is 5.92. The highest BCUT2D eigenvalue weighted by Gasteiger charge is 2.31. The van der Waals surface area contributed by atoms with E-state index in [9.17, 15) is 14.3 Å². The van der Waals surface area contributed by atoms with Gasteiger partial charge in [-0.05, 0) is 29.5 Å². The molecule has 6 radical (unpaired) electrons. The molecule has 0 fully saturated rings. The molecule has 0 aliphatic carbocycles. The minimum absolute atomic E-state index is 0.217. The van der Waals surface area contributed by atoms with E-state index in [-0.39, 0.29) is 17.9 Å². The largest absolute Gasteiger partial charge is 0.395 e. The van der Waals surface area contributed by atoms with Crippen molar-refractivity contribution in [1.29, 1.82) is 0 Å². The van der Waals surface area contributed by atoms with Crippen molar-refractivity contribution in [3.8, 4) is 0 Å². The maximum absolute atomic E-state index is 12.8. The van der Waals surface area contributed by atoms with E-state index in [1.54, 1.807) is 0 Å². The second-order valence-electron chi connectivity index (χ2n) is 4.33. The quantitative estimate of drug-likeness (QED) is 0.581. The third-order valence-corrected chi connectivity index (χ3v) is 2.64. The fraction of sp³-hybridized carbons (Fsp3) is 0.364. The number of nitrogens with one attached hydrogen (secondary N) is 1. The van der Waals surface area contributed by atoms with Gasteiger partial charge >= 0.3 is 0 Å². The van der Waals surface area contributed by atoms with E-state index in [4.69, 9.17) is 35.1 Å². The highest BCUT2D eigenvalue weighted by Crippen LogP contribution is 2.25. The number of alkyl halides is 1. The van der Waals surface area contributed by atoms with Gasteiger partial charge in [0, 0.05) is 5.50 Å². The number of carbonyl (C=O) groups excluding carboxylic acids is 1. The Hall–Kier alpha value is -0.935. The molecule has 3 nitrogen and oxygen atoms in total. The summed E-state index contributed by atoms with van der Waals surface area (Å²) in [5.41, 5.74) is -1.70. The number of aliphatic hydroxyl groups is 1. The van der Waals surface area contributed by atoms with Crippen LogP contribution in [0.25, 0.3) is 0 Å². The van der Waals surface area contributed by atoms with Crippen LogP contribution >= 0.6 is 11.6 Å². The lowest BCUT2D eigenvalue weighted by atomic mass is 9.53. The lowest BCUT2D eigenvalue weighted by molar-refractivity contribution is -0.119. The fourth-order valence-corrected chi connectivity index (χ4v) is 1.69. The summed E-state index contributed by atoms with van der Waals surface area (Å²) < 4.78 is 12.8. The Morgan fingerprint density at radius 3 is 2.32 bits per heavy atom. The van der Waals surface area contributed by atoms with E-state index >= 15 is 0 Å². The molecule has 0 saturated carbocycles. The van der Waals surface area contributed by atoms with Gasteiger partial charge in [-0.25, -0.2) is 4.39 Å². The number of rotatable bonds is 5. The second kappa shape index (κ2) is 6.01. The SMILES string of the molecule is [B]C([B])(CC([B])(O)c1ccc(F)cc1)NC(=O)CCl. The van der Waals surface area contributed by atoms with Crippen molar-refractivity contribution in [1.82, 2.24) is 5.32 Å². The molecule has 0 heterocycles. The normalized spacial score (nSPS) is 14.7. The molecule has 1 atom stereocenters. The maximum Gasteiger partial charge on any atom is 0.234 e. The lowest BCUT2D eigenvalue weighted by Gasteiger charge is -2.36. The molecular formula is C11H10B3ClFNO2. The summed E-state index contributed by atoms with van der Waals surface area (Å²) in [5.74, 6) is -1.39. The third-order valence-electron chi connectivity index (χ3n) is 2.40. The summed E-state index contributed by atoms with van der Waals surface area (Å²) >= 11 is 5.31. The van der Waals surface area contributed by atoms with Crippen LogP contribution in [0.15, 0.2) is 24.3 Å². The zero-order chi connectivity index (χ0) is 14.7. The molecule has 0 aliphatic rings. The smallest absolute Gasteiger partial charge is 0.234 e. The number of benzene rings is 1. The highest BCUT2D eigenvalue weighted by molar-refractivity contribution is 6.42. The topological polar surface area (TPSA) is 49.3 Å². The maximum atomic E-state index is 12.8. The van der Waals surface area contributed by atoms with E-state index in [0.29, 0.717) is 0 Å². The molecule has 1 aromatic rings. The highest BCUT2D eigenvalue weighted by atomic mass is 35.5. The Bertz CT molecular complexity index is 454. The standard InChI is InChI=1S/C11H10B3ClFNO2/c12-10(19,7-1-3-8(16)4-2-7)6-11(13,14)17-9(18)5-15/h1-4,19H,5-6H2,(H,17,18). The van der Waals surface area contributed by atoms with Gasteiger partial charge in [-0.15, -0.1) is 11.6 Å².